The van der Waals surface area contributed by atoms with Crippen LogP contribution in [0.5, 0.6) is 0 Å². The zero-order chi connectivity index (χ0) is 13.6. The molecule has 0 saturated carbocycles. The monoisotopic (exact) mass is 275 g/mol. The third kappa shape index (κ3) is 2.10. The van der Waals surface area contributed by atoms with E-state index in [9.17, 15) is 4.39 Å². The molecule has 0 amide bonds. The lowest BCUT2D eigenvalue weighted by Gasteiger charge is -2.05. The molecule has 0 bridgehead atoms. The molecule has 3 rings (SSSR count). The van der Waals surface area contributed by atoms with Gasteiger partial charge in [-0.1, -0.05) is 0 Å². The minimum Gasteiger partial charge on any atom is -0.369 e. The maximum atomic E-state index is 13.5. The number of nitrogens with two attached hydrogens (primary N) is 1. The van der Waals surface area contributed by atoms with Crippen LogP contribution < -0.4 is 5.73 Å². The lowest BCUT2D eigenvalue weighted by Crippen LogP contribution is -2.03. The van der Waals surface area contributed by atoms with Crippen LogP contribution in [0.15, 0.2) is 24.3 Å². The zero-order valence-corrected chi connectivity index (χ0v) is 11.6. The minimum atomic E-state index is -0.246. The quantitative estimate of drug-likeness (QED) is 0.778. The molecule has 0 radical (unpaired) electrons. The van der Waals surface area contributed by atoms with Gasteiger partial charge in [-0.2, -0.15) is 0 Å². The summed E-state index contributed by atoms with van der Waals surface area (Å²) in [5, 5.41) is 0. The fourth-order valence-corrected chi connectivity index (χ4v) is 3.04. The number of anilines is 1. The molecule has 0 spiro atoms. The molecule has 1 aromatic carbocycles. The summed E-state index contributed by atoms with van der Waals surface area (Å²) in [7, 11) is 0. The molecule has 3 aromatic rings. The molecule has 5 heteroatoms. The Balaban J connectivity index is 2.12. The van der Waals surface area contributed by atoms with Gasteiger partial charge in [0.05, 0.1) is 17.6 Å². The highest BCUT2D eigenvalue weighted by Crippen LogP contribution is 2.24. The van der Waals surface area contributed by atoms with Crippen molar-refractivity contribution in [3.8, 4) is 0 Å². The average molecular weight is 275 g/mol. The fraction of sp³-hybridized carbons (Fsp3) is 0.214. The van der Waals surface area contributed by atoms with Crippen molar-refractivity contribution < 1.29 is 4.39 Å². The second kappa shape index (κ2) is 4.35. The standard InChI is InChI=1S/C14H14FN3S/c1-8-5-13-12(6-11(8)15)17-14(16)18(13)7-10-4-3-9(2)19-10/h3-6H,7H2,1-2H3,(H2,16,17). The molecule has 0 aliphatic rings. The van der Waals surface area contributed by atoms with Crippen molar-refractivity contribution in [1.29, 1.82) is 0 Å². The van der Waals surface area contributed by atoms with Crippen molar-refractivity contribution in [2.45, 2.75) is 20.4 Å². The molecule has 0 aliphatic heterocycles. The third-order valence-corrected chi connectivity index (χ3v) is 4.15. The van der Waals surface area contributed by atoms with E-state index in [1.165, 1.54) is 15.8 Å². The lowest BCUT2D eigenvalue weighted by atomic mass is 10.2. The SMILES string of the molecule is Cc1ccc(Cn2c(N)nc3cc(F)c(C)cc32)s1. The molecule has 0 fully saturated rings. The third-order valence-electron chi connectivity index (χ3n) is 3.17. The number of hydrogen-bond donors (Lipinski definition) is 1. The summed E-state index contributed by atoms with van der Waals surface area (Å²) in [6.07, 6.45) is 0. The van der Waals surface area contributed by atoms with E-state index in [0.717, 1.165) is 5.52 Å². The molecule has 2 heterocycles. The van der Waals surface area contributed by atoms with E-state index >= 15 is 0 Å². The van der Waals surface area contributed by atoms with Crippen molar-refractivity contribution in [3.63, 3.8) is 0 Å². The Hall–Kier alpha value is -1.88. The van der Waals surface area contributed by atoms with Crippen LogP contribution in [0.1, 0.15) is 15.3 Å². The van der Waals surface area contributed by atoms with Crippen molar-refractivity contribution in [2.75, 3.05) is 5.73 Å². The van der Waals surface area contributed by atoms with E-state index in [1.807, 2.05) is 4.57 Å². The molecule has 19 heavy (non-hydrogen) atoms. The van der Waals surface area contributed by atoms with E-state index in [0.29, 0.717) is 23.6 Å². The van der Waals surface area contributed by atoms with Crippen molar-refractivity contribution >= 4 is 28.3 Å². The topological polar surface area (TPSA) is 43.8 Å². The lowest BCUT2D eigenvalue weighted by molar-refractivity contribution is 0.620. The van der Waals surface area contributed by atoms with Crippen LogP contribution in [0.4, 0.5) is 10.3 Å². The number of fused-ring (bicyclic) bond motifs is 1. The second-order valence-corrected chi connectivity index (χ2v) is 6.03. The largest absolute Gasteiger partial charge is 0.369 e. The molecular formula is C14H14FN3S. The normalized spacial score (nSPS) is 11.3. The minimum absolute atomic E-state index is 0.246. The number of hydrogen-bond acceptors (Lipinski definition) is 3. The molecule has 98 valence electrons. The first-order valence-electron chi connectivity index (χ1n) is 6.02. The van der Waals surface area contributed by atoms with Gasteiger partial charge in [0, 0.05) is 15.8 Å². The molecule has 0 unspecified atom stereocenters. The van der Waals surface area contributed by atoms with Gasteiger partial charge in [-0.15, -0.1) is 11.3 Å². The van der Waals surface area contributed by atoms with Crippen LogP contribution in [-0.4, -0.2) is 9.55 Å². The summed E-state index contributed by atoms with van der Waals surface area (Å²) in [4.78, 5) is 6.70. The Morgan fingerprint density at radius 3 is 2.79 bits per heavy atom. The predicted octanol–water partition coefficient (Wildman–Crippen LogP) is 3.48. The molecule has 2 aromatic heterocycles. The summed E-state index contributed by atoms with van der Waals surface area (Å²) in [5.74, 6) is 0.176. The zero-order valence-electron chi connectivity index (χ0n) is 10.8. The second-order valence-electron chi connectivity index (χ2n) is 4.66. The highest BCUT2D eigenvalue weighted by molar-refractivity contribution is 7.11. The predicted molar refractivity (Wildman–Crippen MR) is 77.0 cm³/mol. The van der Waals surface area contributed by atoms with Gasteiger partial charge in [0.15, 0.2) is 0 Å². The van der Waals surface area contributed by atoms with E-state index < -0.39 is 0 Å². The van der Waals surface area contributed by atoms with Crippen LogP contribution in [0.2, 0.25) is 0 Å². The van der Waals surface area contributed by atoms with Crippen LogP contribution in [0.3, 0.4) is 0 Å². The average Bonchev–Trinajstić information content (AvgIpc) is 2.87. The van der Waals surface area contributed by atoms with E-state index in [4.69, 9.17) is 5.73 Å². The Kier molecular flexibility index (Phi) is 2.78. The van der Waals surface area contributed by atoms with Crippen LogP contribution in [0.25, 0.3) is 11.0 Å². The summed E-state index contributed by atoms with van der Waals surface area (Å²) < 4.78 is 15.5. The molecule has 0 aliphatic carbocycles. The molecule has 3 nitrogen and oxygen atoms in total. The van der Waals surface area contributed by atoms with E-state index in [2.05, 4.69) is 24.0 Å². The number of aromatic nitrogens is 2. The number of nitrogen functional groups attached to an aromatic ring is 1. The maximum Gasteiger partial charge on any atom is 0.201 e. The van der Waals surface area contributed by atoms with Gasteiger partial charge < -0.3 is 10.3 Å². The number of aryl methyl sites for hydroxylation is 2. The van der Waals surface area contributed by atoms with Gasteiger partial charge in [0.1, 0.15) is 5.82 Å². The number of halogens is 1. The van der Waals surface area contributed by atoms with E-state index in [1.54, 1.807) is 24.3 Å². The summed E-state index contributed by atoms with van der Waals surface area (Å²) >= 11 is 1.73. The number of rotatable bonds is 2. The number of imidazole rings is 1. The molecule has 0 saturated heterocycles. The smallest absolute Gasteiger partial charge is 0.201 e. The highest BCUT2D eigenvalue weighted by atomic mass is 32.1. The van der Waals surface area contributed by atoms with Gasteiger partial charge in [0.2, 0.25) is 5.95 Å². The summed E-state index contributed by atoms with van der Waals surface area (Å²) in [5.41, 5.74) is 8.03. The fourth-order valence-electron chi connectivity index (χ4n) is 2.16. The van der Waals surface area contributed by atoms with Crippen LogP contribution in [0, 0.1) is 19.7 Å². The number of benzene rings is 1. The summed E-state index contributed by atoms with van der Waals surface area (Å²) in [6.45, 7) is 4.49. The molecule has 2 N–H and O–H groups in total. The first-order chi connectivity index (χ1) is 9.04. The molecular weight excluding hydrogens is 261 g/mol. The van der Waals surface area contributed by atoms with Gasteiger partial charge in [-0.3, -0.25) is 0 Å². The van der Waals surface area contributed by atoms with Gasteiger partial charge in [-0.05, 0) is 37.6 Å². The van der Waals surface area contributed by atoms with Gasteiger partial charge in [0.25, 0.3) is 0 Å². The number of nitrogens with zero attached hydrogens (tertiary/aromatic N) is 2. The Morgan fingerprint density at radius 1 is 1.32 bits per heavy atom. The molecule has 0 atom stereocenters. The first-order valence-corrected chi connectivity index (χ1v) is 6.83. The van der Waals surface area contributed by atoms with Crippen molar-refractivity contribution in [1.82, 2.24) is 9.55 Å². The number of thiophene rings is 1. The summed E-state index contributed by atoms with van der Waals surface area (Å²) in [6, 6.07) is 7.41. The first kappa shape index (κ1) is 12.2. The van der Waals surface area contributed by atoms with E-state index in [-0.39, 0.29) is 5.82 Å². The Bertz CT molecular complexity index is 757. The van der Waals surface area contributed by atoms with Crippen molar-refractivity contribution in [3.05, 3.63) is 45.4 Å². The van der Waals surface area contributed by atoms with Crippen molar-refractivity contribution in [2.24, 2.45) is 0 Å². The highest BCUT2D eigenvalue weighted by Gasteiger charge is 2.11. The van der Waals surface area contributed by atoms with Gasteiger partial charge in [-0.25, -0.2) is 9.37 Å². The Labute approximate surface area is 114 Å². The Morgan fingerprint density at radius 2 is 2.11 bits per heavy atom. The van der Waals surface area contributed by atoms with Crippen LogP contribution in [-0.2, 0) is 6.54 Å². The van der Waals surface area contributed by atoms with Gasteiger partial charge >= 0.3 is 0 Å². The van der Waals surface area contributed by atoms with Crippen LogP contribution >= 0.6 is 11.3 Å². The maximum absolute atomic E-state index is 13.5.